The second-order valence-electron chi connectivity index (χ2n) is 19.9. The van der Waals surface area contributed by atoms with E-state index in [0.717, 1.165) is 44.1 Å². The summed E-state index contributed by atoms with van der Waals surface area (Å²) >= 11 is 3.10. The van der Waals surface area contributed by atoms with Crippen LogP contribution in [0, 0.1) is 55.4 Å². The molecule has 117 heavy (non-hydrogen) atoms. The summed E-state index contributed by atoms with van der Waals surface area (Å²) in [5, 5.41) is 22.7. The largest absolute Gasteiger partial charge is 0.443 e. The number of aryl methyl sites for hydroxylation is 10. The molecule has 0 aliphatic carbocycles. The SMILES string of the molecule is C.CC.CC.CC.CC.CC.CC.CC.CC.CC.CC.CC.CC.CC.CC.CC.CC.CC.Cc1ccc2c(cnn2C)c1.Cc1ccc2cnn(C)c2c1.Cc1ccc2cnoc2c1.Cc1ccc2cnsc2c1.Cc1ccc2nc[nH]c2c1.Cc1ccc2ocnc2c1.Cc1ccc2oncc2c1.Cc1ccc2sncc2c1. The summed E-state index contributed by atoms with van der Waals surface area (Å²) in [6, 6.07) is 49.5. The predicted octanol–water partition coefficient (Wildman–Crippen LogP) is 35.3. The van der Waals surface area contributed by atoms with Crippen LogP contribution in [0.4, 0.5) is 0 Å². The van der Waals surface area contributed by atoms with Crippen molar-refractivity contribution in [2.45, 2.75) is 298 Å². The van der Waals surface area contributed by atoms with Crippen molar-refractivity contribution in [2.75, 3.05) is 0 Å². The topological polar surface area (TPSA) is 168 Å². The van der Waals surface area contributed by atoms with E-state index in [9.17, 15) is 0 Å². The normalized spacial score (nSPS) is 8.27. The molecular weight excluding hydrogens is 1480 g/mol. The quantitative estimate of drug-likeness (QED) is 0.153. The van der Waals surface area contributed by atoms with Gasteiger partial charge < -0.3 is 18.4 Å². The Morgan fingerprint density at radius 1 is 0.282 bits per heavy atom. The minimum Gasteiger partial charge on any atom is -0.443 e. The van der Waals surface area contributed by atoms with Crippen LogP contribution in [0.3, 0.4) is 0 Å². The molecule has 14 nitrogen and oxygen atoms in total. The van der Waals surface area contributed by atoms with Crippen molar-refractivity contribution in [2.24, 2.45) is 14.1 Å². The summed E-state index contributed by atoms with van der Waals surface area (Å²) in [6.07, 6.45) is 14.2. The highest BCUT2D eigenvalue weighted by molar-refractivity contribution is 7.13. The predicted molar refractivity (Wildman–Crippen MR) is 536 cm³/mol. The van der Waals surface area contributed by atoms with E-state index < -0.39 is 0 Å². The fourth-order valence-corrected chi connectivity index (χ4v) is 9.84. The number of hydrogen-bond acceptors (Lipinski definition) is 13. The molecule has 0 amide bonds. The Balaban J connectivity index is -0.000000133. The van der Waals surface area contributed by atoms with Crippen molar-refractivity contribution in [3.8, 4) is 0 Å². The maximum Gasteiger partial charge on any atom is 0.181 e. The van der Waals surface area contributed by atoms with Crippen LogP contribution < -0.4 is 0 Å². The molecule has 16 rings (SSSR count). The van der Waals surface area contributed by atoms with Gasteiger partial charge in [0, 0.05) is 58.8 Å². The minimum atomic E-state index is 0. The molecule has 0 atom stereocenters. The number of aromatic nitrogens is 11. The van der Waals surface area contributed by atoms with E-state index in [-0.39, 0.29) is 7.43 Å². The van der Waals surface area contributed by atoms with E-state index in [0.29, 0.717) is 0 Å². The van der Waals surface area contributed by atoms with Crippen molar-refractivity contribution in [3.63, 3.8) is 0 Å². The molecule has 0 saturated carbocycles. The highest BCUT2D eigenvalue weighted by Gasteiger charge is 2.01. The maximum absolute atomic E-state index is 5.06. The second-order valence-corrected chi connectivity index (χ2v) is 21.5. The van der Waals surface area contributed by atoms with Crippen molar-refractivity contribution in [3.05, 3.63) is 240 Å². The first kappa shape index (κ1) is 128. The molecule has 16 heteroatoms. The molecule has 0 aliphatic rings. The van der Waals surface area contributed by atoms with Crippen molar-refractivity contribution in [1.82, 2.24) is 53.6 Å². The van der Waals surface area contributed by atoms with Gasteiger partial charge >= 0.3 is 0 Å². The first-order chi connectivity index (χ1) is 56.7. The summed E-state index contributed by atoms with van der Waals surface area (Å²) in [7, 11) is 3.92. The molecule has 0 saturated heterocycles. The summed E-state index contributed by atoms with van der Waals surface area (Å²) in [6.45, 7) is 84.6. The molecule has 8 heterocycles. The Morgan fingerprint density at radius 3 is 1.21 bits per heavy atom. The molecule has 0 unspecified atom stereocenters. The number of fused-ring (bicyclic) bond motifs is 8. The lowest BCUT2D eigenvalue weighted by molar-refractivity contribution is 0.456. The van der Waals surface area contributed by atoms with Crippen molar-refractivity contribution >= 4 is 109 Å². The highest BCUT2D eigenvalue weighted by atomic mass is 32.1. The van der Waals surface area contributed by atoms with Crippen LogP contribution in [0.5, 0.6) is 0 Å². The number of benzene rings is 8. The number of nitrogens with zero attached hydrogens (tertiary/aromatic N) is 10. The summed E-state index contributed by atoms with van der Waals surface area (Å²) in [5.74, 6) is 0. The monoisotopic (exact) mass is 1650 g/mol. The van der Waals surface area contributed by atoms with Gasteiger partial charge in [-0.3, -0.25) is 9.36 Å². The van der Waals surface area contributed by atoms with Gasteiger partial charge in [-0.2, -0.15) is 18.9 Å². The van der Waals surface area contributed by atoms with E-state index >= 15 is 0 Å². The molecule has 8 aromatic carbocycles. The third-order valence-corrected chi connectivity index (χ3v) is 14.4. The second kappa shape index (κ2) is 90.3. The lowest BCUT2D eigenvalue weighted by Crippen LogP contribution is -1.88. The number of oxazole rings is 1. The van der Waals surface area contributed by atoms with Gasteiger partial charge in [0.1, 0.15) is 5.52 Å². The first-order valence-electron chi connectivity index (χ1n) is 43.4. The van der Waals surface area contributed by atoms with Gasteiger partial charge in [0.05, 0.1) is 62.6 Å². The summed E-state index contributed by atoms with van der Waals surface area (Å²) in [4.78, 5) is 11.2. The summed E-state index contributed by atoms with van der Waals surface area (Å²) < 4.78 is 29.4. The van der Waals surface area contributed by atoms with Crippen molar-refractivity contribution < 1.29 is 13.5 Å². The van der Waals surface area contributed by atoms with Gasteiger partial charge in [-0.05, 0) is 191 Å². The third-order valence-electron chi connectivity index (χ3n) is 12.9. The van der Waals surface area contributed by atoms with E-state index in [1.54, 1.807) is 41.8 Å². The Hall–Kier alpha value is -9.64. The number of imidazole rings is 1. The zero-order valence-corrected chi connectivity index (χ0v) is 83.1. The lowest BCUT2D eigenvalue weighted by atomic mass is 10.2. The van der Waals surface area contributed by atoms with Crippen LogP contribution >= 0.6 is 23.1 Å². The fraction of sp³-hybridized carbons (Fsp3) is 0.446. The number of rotatable bonds is 0. The number of nitrogens with one attached hydrogen (secondary N) is 1. The molecule has 1 N–H and O–H groups in total. The van der Waals surface area contributed by atoms with Gasteiger partial charge in [0.2, 0.25) is 0 Å². The molecule has 8 aromatic heterocycles. The van der Waals surface area contributed by atoms with E-state index in [1.165, 1.54) is 92.9 Å². The standard InChI is InChI=1S/2C9H10N2.C8H8N2.3C8H7NO.2C8H7NS.17C2H6.CH4/c1-7-3-4-9-8(5-7)6-10-11(9)2;1-7-3-4-8-6-10-11(2)9(8)5-7;1-6-2-3-7-8(4-6)10-5-9-7;1-6-2-3-8-7(4-6)9-5-10-8;1-6-2-3-8-7(4-6)5-9-10-8;1-6-2-3-7-5-9-10-8(7)4-6;1-6-2-3-8-7(4-6)5-9-10-8;1-6-2-3-7-5-9-10-8(7)4-6;17*1-2;/h2*3-6H,1-2H3;2-5H,1H3,(H,9,10);5*2-5H,1H3;17*1-2H3;1H4. The number of hydrogen-bond donors (Lipinski definition) is 1. The van der Waals surface area contributed by atoms with Crippen molar-refractivity contribution in [1.29, 1.82) is 0 Å². The van der Waals surface area contributed by atoms with Crippen LogP contribution in [-0.4, -0.2) is 53.6 Å². The van der Waals surface area contributed by atoms with Gasteiger partial charge in [0.15, 0.2) is 23.1 Å². The molecule has 0 aliphatic heterocycles. The van der Waals surface area contributed by atoms with Crippen LogP contribution in [0.25, 0.3) is 86.0 Å². The summed E-state index contributed by atoms with van der Waals surface area (Å²) in [5.41, 5.74) is 18.1. The zero-order valence-electron chi connectivity index (χ0n) is 81.5. The van der Waals surface area contributed by atoms with Gasteiger partial charge in [-0.15, -0.1) is 0 Å². The van der Waals surface area contributed by atoms with Crippen LogP contribution in [0.2, 0.25) is 0 Å². The van der Waals surface area contributed by atoms with Gasteiger partial charge in [-0.1, -0.05) is 331 Å². The van der Waals surface area contributed by atoms with Crippen LogP contribution in [-0.2, 0) is 14.1 Å². The van der Waals surface area contributed by atoms with E-state index in [2.05, 4.69) is 164 Å². The molecule has 658 valence electrons. The average Bonchev–Trinajstić information content (AvgIpc) is 1.69. The fourth-order valence-electron chi connectivity index (χ4n) is 8.47. The molecular formula is C101H169N11O3S2. The van der Waals surface area contributed by atoms with Crippen LogP contribution in [0.1, 0.15) is 287 Å². The third kappa shape index (κ3) is 52.6. The van der Waals surface area contributed by atoms with E-state index in [4.69, 9.17) is 13.5 Å². The molecule has 0 bridgehead atoms. The Bertz CT molecular complexity index is 4100. The lowest BCUT2D eigenvalue weighted by Gasteiger charge is -1.94. The van der Waals surface area contributed by atoms with Gasteiger partial charge in [0.25, 0.3) is 0 Å². The number of aromatic amines is 1. The molecule has 0 fully saturated rings. The smallest absolute Gasteiger partial charge is 0.181 e. The Labute approximate surface area is 723 Å². The molecule has 0 radical (unpaired) electrons. The molecule has 16 aromatic rings. The number of H-pyrrole nitrogens is 1. The molecule has 0 spiro atoms. The van der Waals surface area contributed by atoms with Crippen LogP contribution in [0.15, 0.2) is 209 Å². The minimum absolute atomic E-state index is 0. The Morgan fingerprint density at radius 2 is 0.658 bits per heavy atom. The average molecular weight is 1650 g/mol. The van der Waals surface area contributed by atoms with Gasteiger partial charge in [-0.25, -0.2) is 9.97 Å². The first-order valence-corrected chi connectivity index (χ1v) is 45.0. The highest BCUT2D eigenvalue weighted by Crippen LogP contribution is 2.21. The zero-order chi connectivity index (χ0) is 91.5. The van der Waals surface area contributed by atoms with E-state index in [1.807, 2.05) is 365 Å². The Kier molecular flexibility index (Phi) is 98.9. The maximum atomic E-state index is 5.06.